The van der Waals surface area contributed by atoms with E-state index in [1.54, 1.807) is 6.07 Å². The summed E-state index contributed by atoms with van der Waals surface area (Å²) in [5.41, 5.74) is 4.26. The van der Waals surface area contributed by atoms with Crippen molar-refractivity contribution in [2.24, 2.45) is 12.8 Å². The van der Waals surface area contributed by atoms with E-state index >= 15 is 0 Å². The maximum Gasteiger partial charge on any atom is 0.418 e. The molecule has 2 amide bonds. The van der Waals surface area contributed by atoms with E-state index in [9.17, 15) is 31.5 Å². The highest BCUT2D eigenvalue weighted by Gasteiger charge is 2.35. The van der Waals surface area contributed by atoms with Gasteiger partial charge in [0.05, 0.1) is 11.1 Å². The number of rotatable bonds is 7. The molecule has 216 valence electrons. The van der Waals surface area contributed by atoms with Gasteiger partial charge in [0.1, 0.15) is 11.7 Å². The Bertz CT molecular complexity index is 1600. The zero-order valence-corrected chi connectivity index (χ0v) is 21.7. The first kappa shape index (κ1) is 28.1. The SMILES string of the molecule is Cn1cc(-c2ccc3c(C(=O)NC4CCC(Oc5ncccc5C(N)=O)CC4)nc(C(F)F)n3c2)c(C(F)(F)F)c1. The van der Waals surface area contributed by atoms with Gasteiger partial charge in [0.2, 0.25) is 5.88 Å². The number of halogens is 5. The molecular weight excluding hydrogens is 551 g/mol. The number of imidazole rings is 1. The zero-order chi connectivity index (χ0) is 29.5. The lowest BCUT2D eigenvalue weighted by Crippen LogP contribution is -2.40. The summed E-state index contributed by atoms with van der Waals surface area (Å²) in [7, 11) is 1.43. The van der Waals surface area contributed by atoms with Crippen molar-refractivity contribution in [2.45, 2.75) is 50.4 Å². The van der Waals surface area contributed by atoms with Crippen LogP contribution in [0.1, 0.15) is 64.3 Å². The van der Waals surface area contributed by atoms with Crippen molar-refractivity contribution < 1.29 is 36.3 Å². The fraction of sp³-hybridized carbons (Fsp3) is 0.333. The molecular formula is C27H25F5N6O3. The fourth-order valence-electron chi connectivity index (χ4n) is 5.04. The lowest BCUT2D eigenvalue weighted by atomic mass is 9.93. The van der Waals surface area contributed by atoms with Crippen LogP contribution in [0.5, 0.6) is 5.88 Å². The molecule has 0 aromatic carbocycles. The van der Waals surface area contributed by atoms with Crippen molar-refractivity contribution in [1.29, 1.82) is 0 Å². The Hall–Kier alpha value is -4.49. The van der Waals surface area contributed by atoms with E-state index in [2.05, 4.69) is 15.3 Å². The number of aromatic nitrogens is 4. The third-order valence-corrected chi connectivity index (χ3v) is 6.97. The Balaban J connectivity index is 1.33. The molecule has 14 heteroatoms. The van der Waals surface area contributed by atoms with Crippen LogP contribution in [-0.2, 0) is 13.2 Å². The van der Waals surface area contributed by atoms with Gasteiger partial charge in [-0.15, -0.1) is 0 Å². The summed E-state index contributed by atoms with van der Waals surface area (Å²) < 4.78 is 76.5. The van der Waals surface area contributed by atoms with E-state index in [4.69, 9.17) is 10.5 Å². The largest absolute Gasteiger partial charge is 0.474 e. The van der Waals surface area contributed by atoms with Crippen molar-refractivity contribution in [3.05, 3.63) is 71.7 Å². The van der Waals surface area contributed by atoms with E-state index in [1.165, 1.54) is 42.2 Å². The maximum atomic E-state index is 13.9. The van der Waals surface area contributed by atoms with Gasteiger partial charge >= 0.3 is 6.18 Å². The molecule has 1 fully saturated rings. The lowest BCUT2D eigenvalue weighted by Gasteiger charge is -2.29. The van der Waals surface area contributed by atoms with Crippen LogP contribution in [0, 0.1) is 0 Å². The van der Waals surface area contributed by atoms with Gasteiger partial charge in [0.25, 0.3) is 18.2 Å². The Morgan fingerprint density at radius 2 is 1.83 bits per heavy atom. The summed E-state index contributed by atoms with van der Waals surface area (Å²) >= 11 is 0. The standard InChI is InChI=1S/C27H25F5N6O3/c1-37-12-18(19(13-37)27(30,31)32)14-4-9-20-21(36-24(22(28)29)38(20)11-14)25(40)35-15-5-7-16(8-6-15)41-26-17(23(33)39)3-2-10-34-26/h2-4,9-13,15-16,22H,5-8H2,1H3,(H2,33,39)(H,35,40). The number of primary amides is 1. The first-order chi connectivity index (χ1) is 19.4. The van der Waals surface area contributed by atoms with Crippen LogP contribution in [0.4, 0.5) is 22.0 Å². The van der Waals surface area contributed by atoms with Gasteiger partial charge in [-0.3, -0.25) is 14.0 Å². The molecule has 4 heterocycles. The molecule has 0 bridgehead atoms. The third-order valence-electron chi connectivity index (χ3n) is 6.97. The van der Waals surface area contributed by atoms with Crippen LogP contribution in [0.25, 0.3) is 16.6 Å². The number of alkyl halides is 5. The van der Waals surface area contributed by atoms with Gasteiger partial charge in [-0.1, -0.05) is 6.07 Å². The highest BCUT2D eigenvalue weighted by Crippen LogP contribution is 2.38. The van der Waals surface area contributed by atoms with Crippen LogP contribution in [0.3, 0.4) is 0 Å². The fourth-order valence-corrected chi connectivity index (χ4v) is 5.04. The van der Waals surface area contributed by atoms with Gasteiger partial charge in [0.15, 0.2) is 11.5 Å². The van der Waals surface area contributed by atoms with Gasteiger partial charge < -0.3 is 20.4 Å². The van der Waals surface area contributed by atoms with E-state index in [0.29, 0.717) is 25.7 Å². The van der Waals surface area contributed by atoms with Crippen molar-refractivity contribution in [3.63, 3.8) is 0 Å². The first-order valence-corrected chi connectivity index (χ1v) is 12.7. The molecule has 1 saturated carbocycles. The second kappa shape index (κ2) is 10.8. The molecule has 4 aromatic heterocycles. The molecule has 4 aromatic rings. The monoisotopic (exact) mass is 576 g/mol. The van der Waals surface area contributed by atoms with Crippen molar-refractivity contribution in [2.75, 3.05) is 0 Å². The number of hydrogen-bond donors (Lipinski definition) is 2. The van der Waals surface area contributed by atoms with Crippen LogP contribution in [-0.4, -0.2) is 42.9 Å². The Kier molecular flexibility index (Phi) is 7.41. The zero-order valence-electron chi connectivity index (χ0n) is 21.7. The van der Waals surface area contributed by atoms with E-state index in [-0.39, 0.29) is 45.9 Å². The Morgan fingerprint density at radius 1 is 1.10 bits per heavy atom. The van der Waals surface area contributed by atoms with Crippen LogP contribution in [0.15, 0.2) is 49.1 Å². The minimum atomic E-state index is -4.65. The molecule has 9 nitrogen and oxygen atoms in total. The van der Waals surface area contributed by atoms with Gasteiger partial charge in [-0.05, 0) is 43.9 Å². The molecule has 1 aliphatic carbocycles. The number of fused-ring (bicyclic) bond motifs is 1. The lowest BCUT2D eigenvalue weighted by molar-refractivity contribution is -0.137. The summed E-state index contributed by atoms with van der Waals surface area (Å²) in [5.74, 6) is -1.97. The predicted octanol–water partition coefficient (Wildman–Crippen LogP) is 4.91. The minimum absolute atomic E-state index is 0.0391. The second-order valence-electron chi connectivity index (χ2n) is 9.83. The number of carbonyl (C=O) groups is 2. The number of pyridine rings is 2. The minimum Gasteiger partial charge on any atom is -0.474 e. The Labute approximate surface area is 230 Å². The number of ether oxygens (including phenoxy) is 1. The number of hydrogen-bond acceptors (Lipinski definition) is 5. The van der Waals surface area contributed by atoms with Crippen LogP contribution in [0.2, 0.25) is 0 Å². The summed E-state index contributed by atoms with van der Waals surface area (Å²) in [6.45, 7) is 0. The Morgan fingerprint density at radius 3 is 2.49 bits per heavy atom. The molecule has 0 aliphatic heterocycles. The maximum absolute atomic E-state index is 13.9. The molecule has 3 N–H and O–H groups in total. The number of aryl methyl sites for hydroxylation is 1. The predicted molar refractivity (Wildman–Crippen MR) is 136 cm³/mol. The summed E-state index contributed by atoms with van der Waals surface area (Å²) in [6, 6.07) is 5.43. The average molecular weight is 577 g/mol. The average Bonchev–Trinajstić information content (AvgIpc) is 3.51. The number of nitrogens with one attached hydrogen (secondary N) is 1. The smallest absolute Gasteiger partial charge is 0.418 e. The summed E-state index contributed by atoms with van der Waals surface area (Å²) in [5, 5.41) is 2.82. The molecule has 0 saturated heterocycles. The van der Waals surface area contributed by atoms with Gasteiger partial charge in [0, 0.05) is 49.0 Å². The quantitative estimate of drug-likeness (QED) is 0.304. The van der Waals surface area contributed by atoms with Crippen molar-refractivity contribution in [1.82, 2.24) is 24.3 Å². The normalized spacial score (nSPS) is 17.6. The van der Waals surface area contributed by atoms with Crippen LogP contribution < -0.4 is 15.8 Å². The van der Waals surface area contributed by atoms with Gasteiger partial charge in [-0.25, -0.2) is 18.7 Å². The summed E-state index contributed by atoms with van der Waals surface area (Å²) in [6.07, 6.45) is -1.19. The molecule has 0 radical (unpaired) electrons. The first-order valence-electron chi connectivity index (χ1n) is 12.7. The molecule has 0 atom stereocenters. The van der Waals surface area contributed by atoms with Gasteiger partial charge in [-0.2, -0.15) is 13.2 Å². The number of nitrogens with two attached hydrogens (primary N) is 1. The number of amides is 2. The van der Waals surface area contributed by atoms with Crippen molar-refractivity contribution >= 4 is 17.3 Å². The molecule has 0 unspecified atom stereocenters. The van der Waals surface area contributed by atoms with E-state index in [0.717, 1.165) is 16.8 Å². The molecule has 1 aliphatic rings. The molecule has 0 spiro atoms. The molecule has 5 rings (SSSR count). The van der Waals surface area contributed by atoms with E-state index < -0.39 is 35.8 Å². The molecule has 41 heavy (non-hydrogen) atoms. The number of carbonyl (C=O) groups excluding carboxylic acids is 2. The topological polar surface area (TPSA) is 117 Å². The highest BCUT2D eigenvalue weighted by molar-refractivity contribution is 5.99. The van der Waals surface area contributed by atoms with Crippen molar-refractivity contribution in [3.8, 4) is 17.0 Å². The van der Waals surface area contributed by atoms with Crippen LogP contribution >= 0.6 is 0 Å². The second-order valence-corrected chi connectivity index (χ2v) is 9.83. The highest BCUT2D eigenvalue weighted by atomic mass is 19.4. The third kappa shape index (κ3) is 5.72. The summed E-state index contributed by atoms with van der Waals surface area (Å²) in [4.78, 5) is 32.7. The number of nitrogens with zero attached hydrogens (tertiary/aromatic N) is 4. The van der Waals surface area contributed by atoms with E-state index in [1.807, 2.05) is 0 Å².